The monoisotopic (exact) mass is 214 g/mol. The van der Waals surface area contributed by atoms with Crippen LogP contribution in [0.3, 0.4) is 0 Å². The summed E-state index contributed by atoms with van der Waals surface area (Å²) in [6.07, 6.45) is 5.06. The molecule has 1 nitrogen and oxygen atoms in total. The molecule has 0 N–H and O–H groups in total. The van der Waals surface area contributed by atoms with Gasteiger partial charge in [-0.2, -0.15) is 0 Å². The molecule has 1 aromatic carbocycles. The van der Waals surface area contributed by atoms with Crippen LogP contribution < -0.4 is 0 Å². The minimum atomic E-state index is 0.668. The molecule has 0 bridgehead atoms. The van der Waals surface area contributed by atoms with Crippen molar-refractivity contribution in [1.29, 1.82) is 0 Å². The highest BCUT2D eigenvalue weighted by atomic mass is 16.5. The second kappa shape index (κ2) is 4.06. The number of fused-ring (bicyclic) bond motifs is 2. The molecule has 0 aromatic heterocycles. The predicted octanol–water partition coefficient (Wildman–Crippen LogP) is 3.44. The second-order valence-electron chi connectivity index (χ2n) is 4.88. The summed E-state index contributed by atoms with van der Waals surface area (Å²) < 4.78 is 5.35. The third kappa shape index (κ3) is 1.51. The predicted molar refractivity (Wildman–Crippen MR) is 66.3 cm³/mol. The molecule has 1 atom stereocenters. The molecule has 0 radical (unpaired) electrons. The molecule has 0 fully saturated rings. The van der Waals surface area contributed by atoms with Gasteiger partial charge in [0.25, 0.3) is 0 Å². The van der Waals surface area contributed by atoms with Gasteiger partial charge in [-0.25, -0.2) is 0 Å². The molecule has 1 heteroatoms. The van der Waals surface area contributed by atoms with E-state index in [0.29, 0.717) is 5.92 Å². The zero-order chi connectivity index (χ0) is 11.0. The van der Waals surface area contributed by atoms with E-state index in [4.69, 9.17) is 4.74 Å². The van der Waals surface area contributed by atoms with E-state index in [2.05, 4.69) is 24.3 Å². The van der Waals surface area contributed by atoms with Crippen molar-refractivity contribution < 1.29 is 4.74 Å². The normalized spacial score (nSPS) is 23.2. The van der Waals surface area contributed by atoms with E-state index in [9.17, 15) is 0 Å². The van der Waals surface area contributed by atoms with Gasteiger partial charge < -0.3 is 4.74 Å². The maximum atomic E-state index is 5.35. The third-order valence-electron chi connectivity index (χ3n) is 3.95. The fraction of sp³-hybridized carbons (Fsp3) is 0.467. The molecule has 0 heterocycles. The summed E-state index contributed by atoms with van der Waals surface area (Å²) in [5, 5.41) is 0. The first-order valence-corrected chi connectivity index (χ1v) is 6.19. The lowest BCUT2D eigenvalue weighted by Crippen LogP contribution is -2.15. The number of benzene rings is 1. The molecule has 16 heavy (non-hydrogen) atoms. The van der Waals surface area contributed by atoms with E-state index in [0.717, 1.165) is 6.61 Å². The van der Waals surface area contributed by atoms with Gasteiger partial charge in [-0.1, -0.05) is 29.8 Å². The van der Waals surface area contributed by atoms with Crippen LogP contribution in [0, 0.1) is 5.92 Å². The maximum absolute atomic E-state index is 5.35. The summed E-state index contributed by atoms with van der Waals surface area (Å²) in [5.74, 6) is 0.668. The Labute approximate surface area is 97.1 Å². The van der Waals surface area contributed by atoms with Gasteiger partial charge in [0.2, 0.25) is 0 Å². The van der Waals surface area contributed by atoms with Crippen molar-refractivity contribution in [1.82, 2.24) is 0 Å². The SMILES string of the molecule is COCC1CCCC2=C1Cc1ccccc12. The average molecular weight is 214 g/mol. The van der Waals surface area contributed by atoms with Crippen LogP contribution in [0.5, 0.6) is 0 Å². The highest BCUT2D eigenvalue weighted by Gasteiger charge is 2.29. The number of hydrogen-bond donors (Lipinski definition) is 0. The van der Waals surface area contributed by atoms with Gasteiger partial charge >= 0.3 is 0 Å². The summed E-state index contributed by atoms with van der Waals surface area (Å²) >= 11 is 0. The molecular formula is C15H18O. The first-order valence-electron chi connectivity index (χ1n) is 6.19. The average Bonchev–Trinajstić information content (AvgIpc) is 2.69. The van der Waals surface area contributed by atoms with Crippen molar-refractivity contribution in [2.24, 2.45) is 5.92 Å². The fourth-order valence-corrected chi connectivity index (χ4v) is 3.22. The highest BCUT2D eigenvalue weighted by molar-refractivity contribution is 5.77. The van der Waals surface area contributed by atoms with Crippen LogP contribution in [0.25, 0.3) is 5.57 Å². The molecule has 1 unspecified atom stereocenters. The molecule has 0 aliphatic heterocycles. The van der Waals surface area contributed by atoms with Gasteiger partial charge in [0.05, 0.1) is 6.61 Å². The van der Waals surface area contributed by atoms with Crippen LogP contribution in [0.4, 0.5) is 0 Å². The van der Waals surface area contributed by atoms with Crippen molar-refractivity contribution in [2.75, 3.05) is 13.7 Å². The molecule has 2 aliphatic carbocycles. The Hall–Kier alpha value is -1.08. The van der Waals surface area contributed by atoms with Crippen molar-refractivity contribution in [3.05, 3.63) is 41.0 Å². The summed E-state index contributed by atoms with van der Waals surface area (Å²) in [4.78, 5) is 0. The quantitative estimate of drug-likeness (QED) is 0.732. The number of methoxy groups -OCH3 is 1. The van der Waals surface area contributed by atoms with Gasteiger partial charge in [-0.05, 0) is 42.4 Å². The lowest BCUT2D eigenvalue weighted by molar-refractivity contribution is 0.159. The van der Waals surface area contributed by atoms with Crippen LogP contribution in [-0.4, -0.2) is 13.7 Å². The van der Waals surface area contributed by atoms with Crippen LogP contribution in [0.1, 0.15) is 30.4 Å². The van der Waals surface area contributed by atoms with Crippen molar-refractivity contribution in [3.63, 3.8) is 0 Å². The summed E-state index contributed by atoms with van der Waals surface area (Å²) in [5.41, 5.74) is 6.33. The van der Waals surface area contributed by atoms with Crippen LogP contribution in [0.15, 0.2) is 29.8 Å². The molecule has 0 spiro atoms. The lowest BCUT2D eigenvalue weighted by atomic mass is 9.83. The first kappa shape index (κ1) is 10.1. The third-order valence-corrected chi connectivity index (χ3v) is 3.95. The second-order valence-corrected chi connectivity index (χ2v) is 4.88. The van der Waals surface area contributed by atoms with E-state index in [1.165, 1.54) is 36.8 Å². The summed E-state index contributed by atoms with van der Waals surface area (Å²) in [6.45, 7) is 0.896. The molecule has 0 saturated carbocycles. The molecule has 0 saturated heterocycles. The van der Waals surface area contributed by atoms with Crippen molar-refractivity contribution in [3.8, 4) is 0 Å². The molecule has 0 amide bonds. The smallest absolute Gasteiger partial charge is 0.0528 e. The van der Waals surface area contributed by atoms with Gasteiger partial charge in [-0.15, -0.1) is 0 Å². The van der Waals surface area contributed by atoms with Gasteiger partial charge in [0.1, 0.15) is 0 Å². The van der Waals surface area contributed by atoms with E-state index >= 15 is 0 Å². The van der Waals surface area contributed by atoms with E-state index in [1.807, 2.05) is 7.11 Å². The zero-order valence-corrected chi connectivity index (χ0v) is 9.83. The van der Waals surface area contributed by atoms with Gasteiger partial charge in [-0.3, -0.25) is 0 Å². The van der Waals surface area contributed by atoms with Crippen molar-refractivity contribution in [2.45, 2.75) is 25.7 Å². The fourth-order valence-electron chi connectivity index (χ4n) is 3.22. The van der Waals surface area contributed by atoms with Crippen LogP contribution >= 0.6 is 0 Å². The minimum Gasteiger partial charge on any atom is -0.384 e. The van der Waals surface area contributed by atoms with Gasteiger partial charge in [0, 0.05) is 13.0 Å². The molecule has 2 aliphatic rings. The standard InChI is InChI=1S/C15H18O/c1-16-10-12-6-4-8-14-13-7-3-2-5-11(13)9-15(12)14/h2-3,5,7,12H,4,6,8-10H2,1H3. The molecule has 84 valence electrons. The Balaban J connectivity index is 1.98. The molecule has 1 aromatic rings. The summed E-state index contributed by atoms with van der Waals surface area (Å²) in [6, 6.07) is 8.88. The van der Waals surface area contributed by atoms with Gasteiger partial charge in [0.15, 0.2) is 0 Å². The van der Waals surface area contributed by atoms with Crippen molar-refractivity contribution >= 4 is 5.57 Å². The largest absolute Gasteiger partial charge is 0.384 e. The highest BCUT2D eigenvalue weighted by Crippen LogP contribution is 2.44. The number of allylic oxidation sites excluding steroid dienone is 1. The number of hydrogen-bond acceptors (Lipinski definition) is 1. The number of rotatable bonds is 2. The minimum absolute atomic E-state index is 0.668. The Morgan fingerprint density at radius 3 is 3.06 bits per heavy atom. The molecular weight excluding hydrogens is 196 g/mol. The maximum Gasteiger partial charge on any atom is 0.0528 e. The van der Waals surface area contributed by atoms with Crippen LogP contribution in [-0.2, 0) is 11.2 Å². The van der Waals surface area contributed by atoms with E-state index in [1.54, 1.807) is 11.1 Å². The zero-order valence-electron chi connectivity index (χ0n) is 9.83. The van der Waals surface area contributed by atoms with E-state index in [-0.39, 0.29) is 0 Å². The van der Waals surface area contributed by atoms with E-state index < -0.39 is 0 Å². The van der Waals surface area contributed by atoms with Crippen LogP contribution in [0.2, 0.25) is 0 Å². The first-order chi connectivity index (χ1) is 7.90. The summed E-state index contributed by atoms with van der Waals surface area (Å²) in [7, 11) is 1.82. The lowest BCUT2D eigenvalue weighted by Gasteiger charge is -2.24. The Kier molecular flexibility index (Phi) is 2.56. The molecule has 3 rings (SSSR count). The Bertz CT molecular complexity index is 431. The topological polar surface area (TPSA) is 9.23 Å². The Morgan fingerprint density at radius 2 is 2.19 bits per heavy atom. The number of ether oxygens (including phenoxy) is 1. The Morgan fingerprint density at radius 1 is 1.31 bits per heavy atom.